The fraction of sp³-hybridized carbons (Fsp3) is 0.269. The number of rotatable bonds is 5. The smallest absolute Gasteiger partial charge is 0.134 e. The molecule has 5 rings (SSSR count). The van der Waals surface area contributed by atoms with Crippen LogP contribution in [0.2, 0.25) is 0 Å². The lowest BCUT2D eigenvalue weighted by atomic mass is 9.79. The second kappa shape index (κ2) is 7.66. The summed E-state index contributed by atoms with van der Waals surface area (Å²) in [5.41, 5.74) is 5.58. The maximum absolute atomic E-state index is 6.36. The Kier molecular flexibility index (Phi) is 4.95. The number of hydrogen-bond acceptors (Lipinski definition) is 5. The van der Waals surface area contributed by atoms with Crippen molar-refractivity contribution in [2.45, 2.75) is 44.6 Å². The summed E-state index contributed by atoms with van der Waals surface area (Å²) in [5, 5.41) is 6.43. The highest BCUT2D eigenvalue weighted by Gasteiger charge is 2.44. The number of benzene rings is 1. The van der Waals surface area contributed by atoms with E-state index in [1.165, 1.54) is 38.9 Å². The Morgan fingerprint density at radius 3 is 2.87 bits per heavy atom. The number of hydrazine groups is 1. The van der Waals surface area contributed by atoms with Gasteiger partial charge in [0, 0.05) is 38.1 Å². The molecule has 0 saturated heterocycles. The molecule has 0 atom stereocenters. The zero-order valence-corrected chi connectivity index (χ0v) is 18.8. The first kappa shape index (κ1) is 20.0. The average molecular weight is 429 g/mol. The number of aromatic nitrogens is 1. The summed E-state index contributed by atoms with van der Waals surface area (Å²) in [6.45, 7) is 11.3. The summed E-state index contributed by atoms with van der Waals surface area (Å²) in [6.07, 6.45) is 10.7. The molecule has 1 saturated carbocycles. The fourth-order valence-corrected chi connectivity index (χ4v) is 6.14. The zero-order valence-electron chi connectivity index (χ0n) is 17.9. The first-order valence-corrected chi connectivity index (χ1v) is 11.6. The molecule has 1 aliphatic heterocycles. The van der Waals surface area contributed by atoms with Gasteiger partial charge >= 0.3 is 0 Å². The van der Waals surface area contributed by atoms with Crippen LogP contribution >= 0.6 is 11.3 Å². The second-order valence-corrected chi connectivity index (χ2v) is 9.79. The lowest BCUT2D eigenvalue weighted by Crippen LogP contribution is -2.28. The van der Waals surface area contributed by atoms with Crippen molar-refractivity contribution < 1.29 is 0 Å². The van der Waals surface area contributed by atoms with Crippen molar-refractivity contribution in [3.8, 4) is 0 Å². The number of hydrogen-bond donors (Lipinski definition) is 2. The Balaban J connectivity index is 1.32. The molecule has 4 nitrogen and oxygen atoms in total. The zero-order chi connectivity index (χ0) is 21.6. The van der Waals surface area contributed by atoms with Crippen LogP contribution in [0.3, 0.4) is 0 Å². The van der Waals surface area contributed by atoms with Crippen molar-refractivity contribution in [3.05, 3.63) is 88.7 Å². The van der Waals surface area contributed by atoms with Gasteiger partial charge in [0.2, 0.25) is 0 Å². The van der Waals surface area contributed by atoms with Gasteiger partial charge in [0.05, 0.1) is 6.54 Å². The summed E-state index contributed by atoms with van der Waals surface area (Å²) in [4.78, 5) is 5.93. The van der Waals surface area contributed by atoms with Gasteiger partial charge in [-0.25, -0.2) is 10.8 Å². The minimum atomic E-state index is 0.0573. The molecular formula is C26H28N4S. The minimum absolute atomic E-state index is 0.0573. The van der Waals surface area contributed by atoms with Gasteiger partial charge < -0.3 is 10.3 Å². The molecule has 1 spiro atoms. The maximum atomic E-state index is 6.36. The van der Waals surface area contributed by atoms with E-state index in [9.17, 15) is 0 Å². The molecule has 3 heterocycles. The number of nitrogens with two attached hydrogens (primary N) is 1. The molecule has 0 radical (unpaired) electrons. The van der Waals surface area contributed by atoms with Crippen LogP contribution in [-0.4, -0.2) is 9.99 Å². The Hall–Kier alpha value is -2.89. The minimum Gasteiger partial charge on any atom is -0.343 e. The first-order chi connectivity index (χ1) is 15.0. The lowest BCUT2D eigenvalue weighted by Gasteiger charge is -2.24. The summed E-state index contributed by atoms with van der Waals surface area (Å²) < 4.78 is 1.30. The van der Waals surface area contributed by atoms with E-state index in [1.54, 1.807) is 16.3 Å². The molecule has 2 aromatic heterocycles. The standard InChI is InChI=1S/C26H28N4S/c1-17(30(27)16-24-18(2)21-8-4-5-9-23(21)31-24)10-11-20-14-22-25(28-15-20)29-19(3)26(22)12-6-7-13-26/h4-5,8-11,14-15H,1,3,6-7,12-13,16,27H2,2H3,(H,28,29)/b11-10+. The molecule has 1 aromatic carbocycles. The highest BCUT2D eigenvalue weighted by Crippen LogP contribution is 2.52. The largest absolute Gasteiger partial charge is 0.343 e. The molecule has 158 valence electrons. The Labute approximate surface area is 187 Å². The van der Waals surface area contributed by atoms with E-state index >= 15 is 0 Å². The quantitative estimate of drug-likeness (QED) is 0.286. The van der Waals surface area contributed by atoms with Crippen LogP contribution in [0.25, 0.3) is 16.2 Å². The van der Waals surface area contributed by atoms with Crippen molar-refractivity contribution in [2.24, 2.45) is 5.84 Å². The van der Waals surface area contributed by atoms with E-state index in [0.717, 1.165) is 35.6 Å². The third kappa shape index (κ3) is 3.38. The van der Waals surface area contributed by atoms with Gasteiger partial charge in [0.15, 0.2) is 0 Å². The van der Waals surface area contributed by atoms with Crippen molar-refractivity contribution in [1.82, 2.24) is 9.99 Å². The van der Waals surface area contributed by atoms with Crippen LogP contribution in [0.15, 0.2) is 67.2 Å². The van der Waals surface area contributed by atoms with E-state index in [0.29, 0.717) is 6.54 Å². The second-order valence-electron chi connectivity index (χ2n) is 8.66. The molecule has 0 unspecified atom stereocenters. The van der Waals surface area contributed by atoms with E-state index in [4.69, 9.17) is 5.84 Å². The SMILES string of the molecule is C=C(/C=C/c1cnc2c(c1)C1(CCCC1)C(=C)N2)N(N)Cc1sc2ccccc2c1C. The third-order valence-corrected chi connectivity index (χ3v) is 8.08. The van der Waals surface area contributed by atoms with Crippen LogP contribution in [0, 0.1) is 6.92 Å². The molecule has 2 aliphatic rings. The number of allylic oxidation sites excluding steroid dienone is 2. The molecule has 1 fully saturated rings. The molecular weight excluding hydrogens is 400 g/mol. The van der Waals surface area contributed by atoms with Crippen LogP contribution in [0.1, 0.15) is 47.3 Å². The molecule has 0 bridgehead atoms. The number of pyridine rings is 1. The van der Waals surface area contributed by atoms with Crippen molar-refractivity contribution >= 4 is 33.3 Å². The van der Waals surface area contributed by atoms with Gasteiger partial charge in [0.25, 0.3) is 0 Å². The topological polar surface area (TPSA) is 54.2 Å². The highest BCUT2D eigenvalue weighted by molar-refractivity contribution is 7.19. The van der Waals surface area contributed by atoms with Crippen molar-refractivity contribution in [3.63, 3.8) is 0 Å². The molecule has 5 heteroatoms. The van der Waals surface area contributed by atoms with Gasteiger partial charge in [-0.3, -0.25) is 0 Å². The van der Waals surface area contributed by atoms with E-state index in [-0.39, 0.29) is 5.41 Å². The van der Waals surface area contributed by atoms with Crippen LogP contribution in [0.5, 0.6) is 0 Å². The van der Waals surface area contributed by atoms with Crippen LogP contribution in [-0.2, 0) is 12.0 Å². The molecule has 31 heavy (non-hydrogen) atoms. The summed E-state index contributed by atoms with van der Waals surface area (Å²) in [5.74, 6) is 7.32. The monoisotopic (exact) mass is 428 g/mol. The summed E-state index contributed by atoms with van der Waals surface area (Å²) in [6, 6.07) is 10.7. The number of thiophene rings is 1. The average Bonchev–Trinajstić information content (AvgIpc) is 3.46. The molecule has 3 N–H and O–H groups in total. The Morgan fingerprint density at radius 2 is 2.10 bits per heavy atom. The lowest BCUT2D eigenvalue weighted by molar-refractivity contribution is 0.367. The number of nitrogens with one attached hydrogen (secondary N) is 1. The Bertz CT molecular complexity index is 1210. The van der Waals surface area contributed by atoms with E-state index in [2.05, 4.69) is 66.8 Å². The molecule has 1 aliphatic carbocycles. The third-order valence-electron chi connectivity index (χ3n) is 6.82. The maximum Gasteiger partial charge on any atom is 0.134 e. The van der Waals surface area contributed by atoms with Gasteiger partial charge in [-0.15, -0.1) is 11.3 Å². The number of aryl methyl sites for hydroxylation is 1. The van der Waals surface area contributed by atoms with E-state index in [1.807, 2.05) is 12.3 Å². The highest BCUT2D eigenvalue weighted by atomic mass is 32.1. The van der Waals surface area contributed by atoms with Crippen molar-refractivity contribution in [1.29, 1.82) is 0 Å². The van der Waals surface area contributed by atoms with Crippen LogP contribution < -0.4 is 11.2 Å². The Morgan fingerprint density at radius 1 is 1.32 bits per heavy atom. The molecule has 0 amide bonds. The van der Waals surface area contributed by atoms with Crippen molar-refractivity contribution in [2.75, 3.05) is 5.32 Å². The first-order valence-electron chi connectivity index (χ1n) is 10.8. The predicted molar refractivity (Wildman–Crippen MR) is 132 cm³/mol. The summed E-state index contributed by atoms with van der Waals surface area (Å²) in [7, 11) is 0. The van der Waals surface area contributed by atoms with Crippen LogP contribution in [0.4, 0.5) is 5.82 Å². The summed E-state index contributed by atoms with van der Waals surface area (Å²) >= 11 is 1.80. The number of nitrogens with zero attached hydrogens (tertiary/aromatic N) is 2. The van der Waals surface area contributed by atoms with Gasteiger partial charge in [-0.1, -0.05) is 50.3 Å². The number of fused-ring (bicyclic) bond motifs is 3. The van der Waals surface area contributed by atoms with Gasteiger partial charge in [0.1, 0.15) is 5.82 Å². The van der Waals surface area contributed by atoms with Gasteiger partial charge in [-0.2, -0.15) is 0 Å². The predicted octanol–water partition coefficient (Wildman–Crippen LogP) is 6.26. The fourth-order valence-electron chi connectivity index (χ4n) is 4.93. The number of anilines is 1. The van der Waals surface area contributed by atoms with E-state index < -0.39 is 0 Å². The normalized spacial score (nSPS) is 16.9. The molecule has 3 aromatic rings. The van der Waals surface area contributed by atoms with Gasteiger partial charge in [-0.05, 0) is 54.5 Å².